The topological polar surface area (TPSA) is 58.6 Å². The smallest absolute Gasteiger partial charge is 0.285 e. The van der Waals surface area contributed by atoms with E-state index < -0.39 is 5.91 Å². The molecular formula is C24H17ClN2O3S2. The number of thioether (sulfide) groups is 1. The van der Waals surface area contributed by atoms with Crippen molar-refractivity contribution in [1.82, 2.24) is 10.4 Å². The minimum atomic E-state index is -0.402. The highest BCUT2D eigenvalue weighted by atomic mass is 35.5. The van der Waals surface area contributed by atoms with E-state index in [9.17, 15) is 9.59 Å². The van der Waals surface area contributed by atoms with E-state index in [1.807, 2.05) is 54.6 Å². The zero-order valence-electron chi connectivity index (χ0n) is 16.7. The molecule has 4 rings (SSSR count). The van der Waals surface area contributed by atoms with E-state index in [4.69, 9.17) is 28.6 Å². The molecular weight excluding hydrogens is 464 g/mol. The summed E-state index contributed by atoms with van der Waals surface area (Å²) in [5, 5.41) is 1.77. The summed E-state index contributed by atoms with van der Waals surface area (Å²) in [5.74, 6) is -0.112. The summed E-state index contributed by atoms with van der Waals surface area (Å²) in [6.07, 6.45) is 1.73. The van der Waals surface area contributed by atoms with Crippen LogP contribution < -0.4 is 10.2 Å². The molecule has 1 fully saturated rings. The van der Waals surface area contributed by atoms with E-state index in [1.165, 1.54) is 0 Å². The Bertz CT molecular complexity index is 1200. The molecule has 32 heavy (non-hydrogen) atoms. The molecule has 5 nitrogen and oxygen atoms in total. The van der Waals surface area contributed by atoms with E-state index in [0.29, 0.717) is 27.8 Å². The Balaban J connectivity index is 1.43. The molecule has 8 heteroatoms. The first-order valence-electron chi connectivity index (χ1n) is 9.61. The zero-order valence-corrected chi connectivity index (χ0v) is 19.0. The molecule has 160 valence electrons. The Kier molecular flexibility index (Phi) is 6.90. The van der Waals surface area contributed by atoms with Crippen LogP contribution in [-0.2, 0) is 11.4 Å². The maximum atomic E-state index is 12.8. The molecule has 3 aromatic rings. The van der Waals surface area contributed by atoms with Gasteiger partial charge in [-0.05, 0) is 65.8 Å². The lowest BCUT2D eigenvalue weighted by molar-refractivity contribution is -0.123. The molecule has 0 atom stereocenters. The molecule has 1 aliphatic heterocycles. The van der Waals surface area contributed by atoms with Gasteiger partial charge in [0, 0.05) is 10.6 Å². The van der Waals surface area contributed by atoms with Crippen molar-refractivity contribution < 1.29 is 14.3 Å². The van der Waals surface area contributed by atoms with Crippen LogP contribution in [0.2, 0.25) is 5.02 Å². The van der Waals surface area contributed by atoms with Gasteiger partial charge in [-0.15, -0.1) is 0 Å². The number of rotatable bonds is 6. The minimum absolute atomic E-state index is 0.265. The van der Waals surface area contributed by atoms with E-state index in [1.54, 1.807) is 30.3 Å². The Morgan fingerprint density at radius 3 is 2.56 bits per heavy atom. The molecule has 1 heterocycles. The van der Waals surface area contributed by atoms with Gasteiger partial charge in [0.1, 0.15) is 12.4 Å². The summed E-state index contributed by atoms with van der Waals surface area (Å²) >= 11 is 12.3. The zero-order chi connectivity index (χ0) is 22.5. The number of benzene rings is 3. The third kappa shape index (κ3) is 5.37. The highest BCUT2D eigenvalue weighted by Crippen LogP contribution is 2.32. The van der Waals surface area contributed by atoms with Crippen molar-refractivity contribution in [2.24, 2.45) is 0 Å². The van der Waals surface area contributed by atoms with Gasteiger partial charge in [0.2, 0.25) is 0 Å². The van der Waals surface area contributed by atoms with Crippen molar-refractivity contribution in [3.63, 3.8) is 0 Å². The van der Waals surface area contributed by atoms with Crippen LogP contribution in [-0.4, -0.2) is 21.1 Å². The standard InChI is InChI=1S/C24H17ClN2O3S2/c25-19-11-9-16(10-12-19)15-30-20-8-4-5-17(13-20)14-21-23(29)27(24(31)32-21)26-22(28)18-6-2-1-3-7-18/h1-14H,15H2,(H,26,28)/b21-14+. The molecule has 2 amide bonds. The number of halogens is 1. The molecule has 0 spiro atoms. The number of amides is 2. The normalized spacial score (nSPS) is 14.7. The van der Waals surface area contributed by atoms with E-state index in [0.717, 1.165) is 27.9 Å². The predicted molar refractivity (Wildman–Crippen MR) is 131 cm³/mol. The van der Waals surface area contributed by atoms with E-state index in [2.05, 4.69) is 5.43 Å². The average Bonchev–Trinajstić information content (AvgIpc) is 3.07. The molecule has 0 saturated carbocycles. The van der Waals surface area contributed by atoms with Crippen molar-refractivity contribution in [2.45, 2.75) is 6.61 Å². The molecule has 3 aromatic carbocycles. The second-order valence-corrected chi connectivity index (χ2v) is 8.92. The fraction of sp³-hybridized carbons (Fsp3) is 0.0417. The van der Waals surface area contributed by atoms with Crippen molar-refractivity contribution in [3.05, 3.63) is 105 Å². The van der Waals surface area contributed by atoms with Crippen LogP contribution in [0.3, 0.4) is 0 Å². The first kappa shape index (κ1) is 22.1. The quantitative estimate of drug-likeness (QED) is 0.374. The number of nitrogens with one attached hydrogen (secondary N) is 1. The number of carbonyl (C=O) groups is 2. The monoisotopic (exact) mass is 480 g/mol. The van der Waals surface area contributed by atoms with Crippen LogP contribution >= 0.6 is 35.6 Å². The summed E-state index contributed by atoms with van der Waals surface area (Å²) in [5.41, 5.74) is 4.79. The number of hydrazine groups is 1. The molecule has 0 unspecified atom stereocenters. The maximum Gasteiger partial charge on any atom is 0.285 e. The SMILES string of the molecule is O=C(NN1C(=O)/C(=C\c2cccc(OCc3ccc(Cl)cc3)c2)SC1=S)c1ccccc1. The van der Waals surface area contributed by atoms with Crippen molar-refractivity contribution in [2.75, 3.05) is 0 Å². The van der Waals surface area contributed by atoms with Crippen LogP contribution in [0.1, 0.15) is 21.5 Å². The van der Waals surface area contributed by atoms with Gasteiger partial charge in [0.15, 0.2) is 4.32 Å². The third-order valence-corrected chi connectivity index (χ3v) is 6.07. The summed E-state index contributed by atoms with van der Waals surface area (Å²) in [6.45, 7) is 0.397. The van der Waals surface area contributed by atoms with Crippen molar-refractivity contribution in [1.29, 1.82) is 0 Å². The lowest BCUT2D eigenvalue weighted by Gasteiger charge is -2.15. The van der Waals surface area contributed by atoms with Crippen LogP contribution in [0, 0.1) is 0 Å². The third-order valence-electron chi connectivity index (χ3n) is 4.52. The predicted octanol–water partition coefficient (Wildman–Crippen LogP) is 5.47. The number of nitrogens with zero attached hydrogens (tertiary/aromatic N) is 1. The second-order valence-electron chi connectivity index (χ2n) is 6.81. The number of carbonyl (C=O) groups excluding carboxylic acids is 2. The minimum Gasteiger partial charge on any atom is -0.489 e. The second kappa shape index (κ2) is 9.99. The highest BCUT2D eigenvalue weighted by molar-refractivity contribution is 8.26. The Morgan fingerprint density at radius 1 is 1.06 bits per heavy atom. The Morgan fingerprint density at radius 2 is 1.81 bits per heavy atom. The molecule has 0 aliphatic carbocycles. The van der Waals surface area contributed by atoms with Crippen LogP contribution in [0.15, 0.2) is 83.8 Å². The lowest BCUT2D eigenvalue weighted by Crippen LogP contribution is -2.44. The number of hydrogen-bond acceptors (Lipinski definition) is 5. The molecule has 0 bridgehead atoms. The Hall–Kier alpha value is -3.13. The highest BCUT2D eigenvalue weighted by Gasteiger charge is 2.33. The number of ether oxygens (including phenoxy) is 1. The van der Waals surface area contributed by atoms with Gasteiger partial charge >= 0.3 is 0 Å². The van der Waals surface area contributed by atoms with Gasteiger partial charge in [-0.2, -0.15) is 5.01 Å². The molecule has 1 aliphatic rings. The van der Waals surface area contributed by atoms with Crippen molar-refractivity contribution >= 4 is 57.8 Å². The maximum absolute atomic E-state index is 12.8. The van der Waals surface area contributed by atoms with Gasteiger partial charge in [0.05, 0.1) is 4.91 Å². The number of hydrogen-bond donors (Lipinski definition) is 1. The van der Waals surface area contributed by atoms with E-state index >= 15 is 0 Å². The molecule has 1 N–H and O–H groups in total. The van der Waals surface area contributed by atoms with Gasteiger partial charge in [-0.3, -0.25) is 15.0 Å². The largest absolute Gasteiger partial charge is 0.489 e. The van der Waals surface area contributed by atoms with Gasteiger partial charge < -0.3 is 4.74 Å². The molecule has 1 saturated heterocycles. The summed E-state index contributed by atoms with van der Waals surface area (Å²) < 4.78 is 6.12. The summed E-state index contributed by atoms with van der Waals surface area (Å²) in [7, 11) is 0. The Labute approximate surface area is 200 Å². The van der Waals surface area contributed by atoms with Crippen LogP contribution in [0.25, 0.3) is 6.08 Å². The fourth-order valence-electron chi connectivity index (χ4n) is 2.91. The summed E-state index contributed by atoms with van der Waals surface area (Å²) in [6, 6.07) is 23.5. The molecule has 0 aromatic heterocycles. The first-order chi connectivity index (χ1) is 15.5. The van der Waals surface area contributed by atoms with E-state index in [-0.39, 0.29) is 10.2 Å². The van der Waals surface area contributed by atoms with Gasteiger partial charge in [0.25, 0.3) is 11.8 Å². The number of thiocarbonyl (C=S) groups is 1. The van der Waals surface area contributed by atoms with Crippen LogP contribution in [0.4, 0.5) is 0 Å². The fourth-order valence-corrected chi connectivity index (χ4v) is 4.22. The van der Waals surface area contributed by atoms with Gasteiger partial charge in [-0.1, -0.05) is 65.8 Å². The van der Waals surface area contributed by atoms with Crippen LogP contribution in [0.5, 0.6) is 5.75 Å². The lowest BCUT2D eigenvalue weighted by atomic mass is 10.2. The van der Waals surface area contributed by atoms with Crippen molar-refractivity contribution in [3.8, 4) is 5.75 Å². The summed E-state index contributed by atoms with van der Waals surface area (Å²) in [4.78, 5) is 25.6. The van der Waals surface area contributed by atoms with Gasteiger partial charge in [-0.25, -0.2) is 0 Å². The molecule has 0 radical (unpaired) electrons. The average molecular weight is 481 g/mol. The first-order valence-corrected chi connectivity index (χ1v) is 11.2.